The van der Waals surface area contributed by atoms with Gasteiger partial charge in [0.05, 0.1) is 32.8 Å². The van der Waals surface area contributed by atoms with Crippen LogP contribution in [0.5, 0.6) is 0 Å². The lowest BCUT2D eigenvalue weighted by Crippen LogP contribution is -3.15. The number of ether oxygens (including phenoxy) is 1. The molecule has 1 heterocycles. The molecule has 0 bridgehead atoms. The molecule has 0 atom stereocenters. The fourth-order valence-corrected chi connectivity index (χ4v) is 2.92. The molecule has 2 rings (SSSR count). The molecule has 1 aromatic carbocycles. The third kappa shape index (κ3) is 6.07. The van der Waals surface area contributed by atoms with Crippen LogP contribution in [0.1, 0.15) is 5.56 Å². The van der Waals surface area contributed by atoms with Crippen LogP contribution in [-0.2, 0) is 9.53 Å². The van der Waals surface area contributed by atoms with E-state index in [-0.39, 0.29) is 5.91 Å². The molecule has 0 aromatic heterocycles. The lowest BCUT2D eigenvalue weighted by molar-refractivity contribution is -0.895. The van der Waals surface area contributed by atoms with Crippen LogP contribution in [0, 0.1) is 6.92 Å². The number of carbonyl (C=O) groups excluding carboxylic acids is 1. The topological polar surface area (TPSA) is 58.0 Å². The number of amides is 1. The molecular formula is C17H27N4O2S+. The van der Waals surface area contributed by atoms with E-state index in [9.17, 15) is 4.79 Å². The highest BCUT2D eigenvalue weighted by atomic mass is 32.1. The molecule has 3 N–H and O–H groups in total. The van der Waals surface area contributed by atoms with Crippen molar-refractivity contribution < 1.29 is 14.4 Å². The van der Waals surface area contributed by atoms with Crippen LogP contribution in [0.15, 0.2) is 24.3 Å². The second-order valence-electron chi connectivity index (χ2n) is 6.05. The van der Waals surface area contributed by atoms with Gasteiger partial charge in [0.2, 0.25) is 0 Å². The number of quaternary nitrogens is 1. The molecule has 0 spiro atoms. The van der Waals surface area contributed by atoms with Crippen molar-refractivity contribution in [2.45, 2.75) is 6.92 Å². The highest BCUT2D eigenvalue weighted by Gasteiger charge is 2.23. The average molecular weight is 351 g/mol. The first-order chi connectivity index (χ1) is 11.6. The van der Waals surface area contributed by atoms with Gasteiger partial charge in [0.15, 0.2) is 11.7 Å². The summed E-state index contributed by atoms with van der Waals surface area (Å²) in [7, 11) is 1.63. The third-order valence-corrected chi connectivity index (χ3v) is 4.46. The number of thiocarbonyl (C=S) groups is 1. The number of aryl methyl sites for hydroxylation is 1. The Morgan fingerprint density at radius 1 is 1.29 bits per heavy atom. The summed E-state index contributed by atoms with van der Waals surface area (Å²) in [6.45, 7) is 7.23. The Balaban J connectivity index is 1.70. The lowest BCUT2D eigenvalue weighted by Gasteiger charge is -2.33. The molecule has 1 amide bonds. The maximum absolute atomic E-state index is 11.8. The number of carbonyl (C=O) groups is 1. The number of methoxy groups -OCH3 is 1. The van der Waals surface area contributed by atoms with Gasteiger partial charge in [0, 0.05) is 19.3 Å². The van der Waals surface area contributed by atoms with Gasteiger partial charge >= 0.3 is 0 Å². The molecule has 0 aliphatic carbocycles. The van der Waals surface area contributed by atoms with E-state index >= 15 is 0 Å². The van der Waals surface area contributed by atoms with Crippen molar-refractivity contribution >= 4 is 28.9 Å². The highest BCUT2D eigenvalue weighted by molar-refractivity contribution is 7.80. The maximum Gasteiger partial charge on any atom is 0.275 e. The molecule has 0 unspecified atom stereocenters. The molecular weight excluding hydrogens is 324 g/mol. The summed E-state index contributed by atoms with van der Waals surface area (Å²) in [5.41, 5.74) is 2.24. The SMILES string of the molecule is COCCNC(=O)C[NH+]1CCN(C(=S)Nc2ccc(C)cc2)CC1. The Hall–Kier alpha value is -1.70. The van der Waals surface area contributed by atoms with Gasteiger partial charge in [-0.05, 0) is 31.3 Å². The number of anilines is 1. The molecule has 6 nitrogen and oxygen atoms in total. The summed E-state index contributed by atoms with van der Waals surface area (Å²) in [4.78, 5) is 15.3. The number of hydrogen-bond donors (Lipinski definition) is 3. The number of nitrogens with one attached hydrogen (secondary N) is 3. The van der Waals surface area contributed by atoms with Crippen LogP contribution in [0.25, 0.3) is 0 Å². The van der Waals surface area contributed by atoms with Gasteiger partial charge in [-0.3, -0.25) is 4.79 Å². The highest BCUT2D eigenvalue weighted by Crippen LogP contribution is 2.09. The lowest BCUT2D eigenvalue weighted by atomic mass is 10.2. The average Bonchev–Trinajstić information content (AvgIpc) is 2.58. The molecule has 1 fully saturated rings. The van der Waals surface area contributed by atoms with Crippen molar-refractivity contribution in [1.82, 2.24) is 10.2 Å². The van der Waals surface area contributed by atoms with Crippen LogP contribution in [0.4, 0.5) is 5.69 Å². The zero-order chi connectivity index (χ0) is 17.4. The monoisotopic (exact) mass is 351 g/mol. The van der Waals surface area contributed by atoms with E-state index in [1.807, 2.05) is 12.1 Å². The van der Waals surface area contributed by atoms with Gasteiger partial charge in [-0.2, -0.15) is 0 Å². The van der Waals surface area contributed by atoms with Crippen molar-refractivity contribution in [3.05, 3.63) is 29.8 Å². The minimum absolute atomic E-state index is 0.0795. The number of benzene rings is 1. The Morgan fingerprint density at radius 3 is 2.58 bits per heavy atom. The van der Waals surface area contributed by atoms with E-state index in [4.69, 9.17) is 17.0 Å². The van der Waals surface area contributed by atoms with Gasteiger partial charge < -0.3 is 25.2 Å². The number of piperazine rings is 1. The van der Waals surface area contributed by atoms with Crippen LogP contribution in [0.3, 0.4) is 0 Å². The zero-order valence-electron chi connectivity index (χ0n) is 14.4. The smallest absolute Gasteiger partial charge is 0.275 e. The molecule has 7 heteroatoms. The van der Waals surface area contributed by atoms with Gasteiger partial charge in [0.25, 0.3) is 5.91 Å². The van der Waals surface area contributed by atoms with Gasteiger partial charge in [0.1, 0.15) is 0 Å². The predicted molar refractivity (Wildman–Crippen MR) is 99.4 cm³/mol. The molecule has 0 radical (unpaired) electrons. The zero-order valence-corrected chi connectivity index (χ0v) is 15.2. The van der Waals surface area contributed by atoms with Crippen molar-refractivity contribution in [3.8, 4) is 0 Å². The van der Waals surface area contributed by atoms with Crippen LogP contribution < -0.4 is 15.5 Å². The summed E-state index contributed by atoms with van der Waals surface area (Å²) >= 11 is 5.50. The minimum Gasteiger partial charge on any atom is -0.383 e. The van der Waals surface area contributed by atoms with Gasteiger partial charge in [-0.1, -0.05) is 17.7 Å². The molecule has 0 saturated carbocycles. The summed E-state index contributed by atoms with van der Waals surface area (Å²) in [5.74, 6) is 0.0795. The van der Waals surface area contributed by atoms with Crippen molar-refractivity contribution in [2.24, 2.45) is 0 Å². The van der Waals surface area contributed by atoms with E-state index in [2.05, 4.69) is 34.6 Å². The normalized spacial score (nSPS) is 15.2. The Bertz CT molecular complexity index is 542. The number of rotatable bonds is 6. The third-order valence-electron chi connectivity index (χ3n) is 4.10. The van der Waals surface area contributed by atoms with E-state index in [1.165, 1.54) is 10.5 Å². The quantitative estimate of drug-likeness (QED) is 0.483. The van der Waals surface area contributed by atoms with Gasteiger partial charge in [-0.15, -0.1) is 0 Å². The summed E-state index contributed by atoms with van der Waals surface area (Å²) in [6, 6.07) is 8.20. The second-order valence-corrected chi connectivity index (χ2v) is 6.44. The fraction of sp³-hybridized carbons (Fsp3) is 0.529. The van der Waals surface area contributed by atoms with Gasteiger partial charge in [-0.25, -0.2) is 0 Å². The minimum atomic E-state index is 0.0795. The summed E-state index contributed by atoms with van der Waals surface area (Å²) < 4.78 is 4.93. The Kier molecular flexibility index (Phi) is 7.42. The fourth-order valence-electron chi connectivity index (χ4n) is 2.62. The summed E-state index contributed by atoms with van der Waals surface area (Å²) in [5, 5.41) is 6.90. The van der Waals surface area contributed by atoms with Crippen LogP contribution in [-0.4, -0.2) is 68.9 Å². The number of nitrogens with zero attached hydrogens (tertiary/aromatic N) is 1. The first-order valence-corrected chi connectivity index (χ1v) is 8.71. The number of hydrogen-bond acceptors (Lipinski definition) is 3. The Morgan fingerprint density at radius 2 is 1.96 bits per heavy atom. The molecule has 1 aromatic rings. The first kappa shape index (κ1) is 18.6. The van der Waals surface area contributed by atoms with Crippen LogP contribution in [0.2, 0.25) is 0 Å². The van der Waals surface area contributed by atoms with E-state index in [0.717, 1.165) is 37.0 Å². The van der Waals surface area contributed by atoms with Crippen molar-refractivity contribution in [2.75, 3.05) is 58.3 Å². The molecule has 1 saturated heterocycles. The largest absolute Gasteiger partial charge is 0.383 e. The standard InChI is InChI=1S/C17H26N4O2S/c1-14-3-5-15(6-4-14)19-17(24)21-10-8-20(9-11-21)13-16(22)18-7-12-23-2/h3-6H,7-13H2,1-2H3,(H,18,22)(H,19,24)/p+1. The van der Waals surface area contributed by atoms with Crippen LogP contribution >= 0.6 is 12.2 Å². The maximum atomic E-state index is 11.8. The first-order valence-electron chi connectivity index (χ1n) is 8.30. The second kappa shape index (κ2) is 9.56. The molecule has 1 aliphatic rings. The van der Waals surface area contributed by atoms with E-state index < -0.39 is 0 Å². The predicted octanol–water partition coefficient (Wildman–Crippen LogP) is -0.345. The van der Waals surface area contributed by atoms with E-state index in [0.29, 0.717) is 19.7 Å². The molecule has 132 valence electrons. The van der Waals surface area contributed by atoms with Crippen molar-refractivity contribution in [3.63, 3.8) is 0 Å². The Labute approximate surface area is 149 Å². The van der Waals surface area contributed by atoms with Crippen molar-refractivity contribution in [1.29, 1.82) is 0 Å². The molecule has 1 aliphatic heterocycles. The van der Waals surface area contributed by atoms with E-state index in [1.54, 1.807) is 7.11 Å². The molecule has 24 heavy (non-hydrogen) atoms. The summed E-state index contributed by atoms with van der Waals surface area (Å²) in [6.07, 6.45) is 0.